The van der Waals surface area contributed by atoms with Gasteiger partial charge in [0.15, 0.2) is 0 Å². The summed E-state index contributed by atoms with van der Waals surface area (Å²) in [6.45, 7) is 5.96. The Morgan fingerprint density at radius 2 is 1.74 bits per heavy atom. The number of ether oxygens (including phenoxy) is 1. The molecule has 1 aliphatic carbocycles. The van der Waals surface area contributed by atoms with Crippen molar-refractivity contribution in [3.63, 3.8) is 0 Å². The van der Waals surface area contributed by atoms with Gasteiger partial charge < -0.3 is 10.1 Å². The van der Waals surface area contributed by atoms with Crippen molar-refractivity contribution in [2.24, 2.45) is 0 Å². The fourth-order valence-corrected chi connectivity index (χ4v) is 3.15. The van der Waals surface area contributed by atoms with E-state index in [1.54, 1.807) is 6.08 Å². The minimum absolute atomic E-state index is 0.0307. The molecule has 118 valence electrons. The van der Waals surface area contributed by atoms with Crippen molar-refractivity contribution in [3.8, 4) is 11.1 Å². The van der Waals surface area contributed by atoms with Crippen LogP contribution in [0, 0.1) is 0 Å². The number of fused-ring (bicyclic) bond motifs is 3. The number of rotatable bonds is 5. The van der Waals surface area contributed by atoms with E-state index in [1.165, 1.54) is 22.3 Å². The number of hydrogen-bond acceptors (Lipinski definition) is 2. The van der Waals surface area contributed by atoms with E-state index in [-0.39, 0.29) is 18.1 Å². The first-order valence-corrected chi connectivity index (χ1v) is 7.93. The molecule has 0 spiro atoms. The molecule has 0 heterocycles. The van der Waals surface area contributed by atoms with Gasteiger partial charge in [-0.2, -0.15) is 0 Å². The van der Waals surface area contributed by atoms with E-state index in [1.807, 2.05) is 31.2 Å². The van der Waals surface area contributed by atoms with Crippen molar-refractivity contribution in [2.75, 3.05) is 6.61 Å². The molecule has 1 unspecified atom stereocenters. The van der Waals surface area contributed by atoms with Crippen LogP contribution in [0.25, 0.3) is 11.1 Å². The lowest BCUT2D eigenvalue weighted by Gasteiger charge is -2.16. The van der Waals surface area contributed by atoms with E-state index in [0.717, 1.165) is 6.42 Å². The predicted octanol–water partition coefficient (Wildman–Crippen LogP) is 4.49. The predicted molar refractivity (Wildman–Crippen MR) is 92.5 cm³/mol. The summed E-state index contributed by atoms with van der Waals surface area (Å²) in [7, 11) is 0. The smallest absolute Gasteiger partial charge is 0.407 e. The van der Waals surface area contributed by atoms with Crippen LogP contribution < -0.4 is 5.32 Å². The third-order valence-electron chi connectivity index (χ3n) is 4.23. The molecule has 2 aromatic rings. The van der Waals surface area contributed by atoms with Crippen molar-refractivity contribution < 1.29 is 9.53 Å². The van der Waals surface area contributed by atoms with Crippen molar-refractivity contribution in [2.45, 2.75) is 25.3 Å². The van der Waals surface area contributed by atoms with Crippen LogP contribution in [-0.2, 0) is 4.74 Å². The van der Waals surface area contributed by atoms with Crippen LogP contribution >= 0.6 is 0 Å². The Hall–Kier alpha value is -2.55. The lowest BCUT2D eigenvalue weighted by molar-refractivity contribution is 0.140. The van der Waals surface area contributed by atoms with E-state index in [4.69, 9.17) is 4.74 Å². The standard InChI is InChI=1S/C20H21NO2/c1-3-8-14(2)21-20(22)23-13-19-17-11-6-4-9-15(17)16-10-5-7-12-18(16)19/h3-7,9-12,14,19H,1,8,13H2,2H3,(H,21,22). The van der Waals surface area contributed by atoms with Crippen LogP contribution in [0.4, 0.5) is 4.79 Å². The van der Waals surface area contributed by atoms with E-state index in [0.29, 0.717) is 6.61 Å². The highest BCUT2D eigenvalue weighted by molar-refractivity contribution is 5.79. The van der Waals surface area contributed by atoms with Crippen molar-refractivity contribution in [3.05, 3.63) is 72.3 Å². The molecule has 0 fully saturated rings. The molecule has 3 nitrogen and oxygen atoms in total. The lowest BCUT2D eigenvalue weighted by atomic mass is 9.98. The minimum Gasteiger partial charge on any atom is -0.449 e. The second kappa shape index (κ2) is 6.69. The summed E-state index contributed by atoms with van der Waals surface area (Å²) in [5, 5.41) is 2.82. The molecule has 3 heteroatoms. The van der Waals surface area contributed by atoms with E-state index in [9.17, 15) is 4.79 Å². The molecule has 1 aliphatic rings. The Labute approximate surface area is 137 Å². The topological polar surface area (TPSA) is 38.3 Å². The average Bonchev–Trinajstić information content (AvgIpc) is 2.87. The van der Waals surface area contributed by atoms with Crippen LogP contribution in [0.15, 0.2) is 61.2 Å². The van der Waals surface area contributed by atoms with Gasteiger partial charge in [0.2, 0.25) is 0 Å². The molecule has 3 rings (SSSR count). The minimum atomic E-state index is -0.374. The van der Waals surface area contributed by atoms with Crippen LogP contribution in [0.1, 0.15) is 30.4 Å². The number of amides is 1. The third-order valence-corrected chi connectivity index (χ3v) is 4.23. The molecule has 1 atom stereocenters. The van der Waals surface area contributed by atoms with Crippen molar-refractivity contribution in [1.82, 2.24) is 5.32 Å². The van der Waals surface area contributed by atoms with Gasteiger partial charge in [-0.1, -0.05) is 54.6 Å². The normalized spacial score (nSPS) is 13.8. The molecule has 2 aromatic carbocycles. The SMILES string of the molecule is C=CCC(C)NC(=O)OCC1c2ccccc2-c2ccccc21. The van der Waals surface area contributed by atoms with Crippen molar-refractivity contribution in [1.29, 1.82) is 0 Å². The molecule has 1 N–H and O–H groups in total. The number of hydrogen-bond donors (Lipinski definition) is 1. The summed E-state index contributed by atoms with van der Waals surface area (Å²) in [5.74, 6) is 0.0999. The maximum absolute atomic E-state index is 11.9. The highest BCUT2D eigenvalue weighted by Crippen LogP contribution is 2.44. The highest BCUT2D eigenvalue weighted by Gasteiger charge is 2.28. The van der Waals surface area contributed by atoms with E-state index < -0.39 is 0 Å². The zero-order valence-corrected chi connectivity index (χ0v) is 13.3. The summed E-state index contributed by atoms with van der Waals surface area (Å²) in [4.78, 5) is 11.9. The monoisotopic (exact) mass is 307 g/mol. The second-order valence-electron chi connectivity index (χ2n) is 5.90. The quantitative estimate of drug-likeness (QED) is 0.827. The summed E-state index contributed by atoms with van der Waals surface area (Å²) < 4.78 is 5.47. The molecule has 0 saturated carbocycles. The highest BCUT2D eigenvalue weighted by atomic mass is 16.5. The summed E-state index contributed by atoms with van der Waals surface area (Å²) in [6, 6.07) is 16.7. The zero-order chi connectivity index (χ0) is 16.2. The Bertz CT molecular complexity index is 678. The molecule has 23 heavy (non-hydrogen) atoms. The second-order valence-corrected chi connectivity index (χ2v) is 5.90. The first kappa shape index (κ1) is 15.3. The van der Waals surface area contributed by atoms with Gasteiger partial charge in [0, 0.05) is 12.0 Å². The lowest BCUT2D eigenvalue weighted by Crippen LogP contribution is -2.33. The Balaban J connectivity index is 1.73. The Morgan fingerprint density at radius 3 is 2.30 bits per heavy atom. The summed E-state index contributed by atoms with van der Waals surface area (Å²) in [6.07, 6.45) is 2.14. The van der Waals surface area contributed by atoms with E-state index in [2.05, 4.69) is 36.2 Å². The fourth-order valence-electron chi connectivity index (χ4n) is 3.15. The third kappa shape index (κ3) is 3.14. The molecule has 1 amide bonds. The number of nitrogens with one attached hydrogen (secondary N) is 1. The van der Waals surface area contributed by atoms with Crippen LogP contribution in [0.5, 0.6) is 0 Å². The number of alkyl carbamates (subject to hydrolysis) is 1. The van der Waals surface area contributed by atoms with Gasteiger partial charge in [0.1, 0.15) is 6.61 Å². The number of carbonyl (C=O) groups is 1. The van der Waals surface area contributed by atoms with Gasteiger partial charge in [-0.15, -0.1) is 6.58 Å². The Kier molecular flexibility index (Phi) is 4.47. The van der Waals surface area contributed by atoms with Gasteiger partial charge >= 0.3 is 6.09 Å². The van der Waals surface area contributed by atoms with Crippen molar-refractivity contribution >= 4 is 6.09 Å². The van der Waals surface area contributed by atoms with Crippen LogP contribution in [-0.4, -0.2) is 18.7 Å². The largest absolute Gasteiger partial charge is 0.449 e. The summed E-state index contributed by atoms with van der Waals surface area (Å²) >= 11 is 0. The first-order chi connectivity index (χ1) is 11.2. The van der Waals surface area contributed by atoms with Crippen LogP contribution in [0.3, 0.4) is 0 Å². The van der Waals surface area contributed by atoms with Gasteiger partial charge in [-0.25, -0.2) is 4.79 Å². The molecule has 0 aliphatic heterocycles. The molecular weight excluding hydrogens is 286 g/mol. The fraction of sp³-hybridized carbons (Fsp3) is 0.250. The number of carbonyl (C=O) groups excluding carboxylic acids is 1. The van der Waals surface area contributed by atoms with Gasteiger partial charge in [0.05, 0.1) is 0 Å². The zero-order valence-electron chi connectivity index (χ0n) is 13.3. The molecule has 0 radical (unpaired) electrons. The van der Waals surface area contributed by atoms with Gasteiger partial charge in [-0.3, -0.25) is 0 Å². The number of benzene rings is 2. The maximum atomic E-state index is 11.9. The molecular formula is C20H21NO2. The first-order valence-electron chi connectivity index (χ1n) is 7.93. The van der Waals surface area contributed by atoms with Gasteiger partial charge in [0.25, 0.3) is 0 Å². The van der Waals surface area contributed by atoms with Gasteiger partial charge in [-0.05, 0) is 35.6 Å². The van der Waals surface area contributed by atoms with Crippen LogP contribution in [0.2, 0.25) is 0 Å². The molecule has 0 saturated heterocycles. The maximum Gasteiger partial charge on any atom is 0.407 e. The van der Waals surface area contributed by atoms with E-state index >= 15 is 0 Å². The Morgan fingerprint density at radius 1 is 1.17 bits per heavy atom. The average molecular weight is 307 g/mol. The molecule has 0 bridgehead atoms. The summed E-state index contributed by atoms with van der Waals surface area (Å²) in [5.41, 5.74) is 4.91. The molecule has 0 aromatic heterocycles.